The summed E-state index contributed by atoms with van der Waals surface area (Å²) < 4.78 is 5.41. The zero-order chi connectivity index (χ0) is 12.0. The summed E-state index contributed by atoms with van der Waals surface area (Å²) in [6, 6.07) is 6.47. The van der Waals surface area contributed by atoms with Gasteiger partial charge >= 0.3 is 0 Å². The van der Waals surface area contributed by atoms with Gasteiger partial charge in [-0.25, -0.2) is 0 Å². The second-order valence-corrected chi connectivity index (χ2v) is 3.68. The van der Waals surface area contributed by atoms with E-state index in [0.29, 0.717) is 12.4 Å². The van der Waals surface area contributed by atoms with Crippen LogP contribution in [0.15, 0.2) is 24.3 Å². The summed E-state index contributed by atoms with van der Waals surface area (Å²) >= 11 is 5.11. The molecule has 0 aliphatic heterocycles. The Kier molecular flexibility index (Phi) is 4.99. The Bertz CT molecular complexity index is 388. The average molecular weight is 241 g/mol. The molecule has 0 spiro atoms. The molecule has 0 saturated heterocycles. The van der Waals surface area contributed by atoms with Crippen LogP contribution in [0.5, 0.6) is 5.75 Å². The molecule has 4 heteroatoms. The third-order valence-electron chi connectivity index (χ3n) is 2.04. The van der Waals surface area contributed by atoms with Crippen LogP contribution in [0.3, 0.4) is 0 Å². The minimum atomic E-state index is -0.981. The van der Waals surface area contributed by atoms with E-state index in [4.69, 9.17) is 16.3 Å². The summed E-state index contributed by atoms with van der Waals surface area (Å²) in [4.78, 5) is 22.0. The zero-order valence-corrected chi connectivity index (χ0v) is 9.79. The van der Waals surface area contributed by atoms with Crippen LogP contribution in [0.1, 0.15) is 30.1 Å². The number of ketones is 1. The van der Waals surface area contributed by atoms with Gasteiger partial charge in [0, 0.05) is 5.56 Å². The molecular weight excluding hydrogens is 228 g/mol. The van der Waals surface area contributed by atoms with Crippen molar-refractivity contribution < 1.29 is 14.3 Å². The Morgan fingerprint density at radius 3 is 2.75 bits per heavy atom. The van der Waals surface area contributed by atoms with Gasteiger partial charge < -0.3 is 4.74 Å². The third kappa shape index (κ3) is 3.66. The van der Waals surface area contributed by atoms with E-state index in [0.717, 1.165) is 12.8 Å². The Hall–Kier alpha value is -1.35. The smallest absolute Gasteiger partial charge is 0.293 e. The van der Waals surface area contributed by atoms with Crippen molar-refractivity contribution in [2.75, 3.05) is 6.61 Å². The van der Waals surface area contributed by atoms with Crippen molar-refractivity contribution in [1.29, 1.82) is 0 Å². The second kappa shape index (κ2) is 6.28. The molecule has 0 heterocycles. The van der Waals surface area contributed by atoms with Gasteiger partial charge in [0.2, 0.25) is 5.78 Å². The summed E-state index contributed by atoms with van der Waals surface area (Å²) in [5, 5.41) is -0.981. The van der Waals surface area contributed by atoms with Crippen LogP contribution in [-0.2, 0) is 4.79 Å². The van der Waals surface area contributed by atoms with Crippen molar-refractivity contribution in [2.45, 2.75) is 19.8 Å². The number of hydrogen-bond donors (Lipinski definition) is 0. The van der Waals surface area contributed by atoms with Gasteiger partial charge in [-0.05, 0) is 30.2 Å². The minimum absolute atomic E-state index is 0.258. The van der Waals surface area contributed by atoms with Gasteiger partial charge in [-0.15, -0.1) is 0 Å². The molecule has 0 unspecified atom stereocenters. The molecule has 1 rings (SSSR count). The van der Waals surface area contributed by atoms with Crippen LogP contribution < -0.4 is 4.74 Å². The summed E-state index contributed by atoms with van der Waals surface area (Å²) in [5.41, 5.74) is 0.258. The molecule has 0 N–H and O–H groups in total. The first-order chi connectivity index (χ1) is 7.65. The van der Waals surface area contributed by atoms with Crippen LogP contribution in [0.4, 0.5) is 0 Å². The van der Waals surface area contributed by atoms with E-state index in [2.05, 4.69) is 6.92 Å². The van der Waals surface area contributed by atoms with Crippen molar-refractivity contribution in [1.82, 2.24) is 0 Å². The number of halogens is 1. The lowest BCUT2D eigenvalue weighted by molar-refractivity contribution is -0.108. The fourth-order valence-corrected chi connectivity index (χ4v) is 1.28. The standard InChI is InChI=1S/C12H13ClO3/c1-2-3-7-16-10-6-4-5-9(8-10)11(14)12(13)15/h4-6,8H,2-3,7H2,1H3. The topological polar surface area (TPSA) is 43.4 Å². The highest BCUT2D eigenvalue weighted by atomic mass is 35.5. The molecule has 0 atom stereocenters. The molecule has 0 radical (unpaired) electrons. The van der Waals surface area contributed by atoms with Gasteiger partial charge in [0.25, 0.3) is 5.24 Å². The molecule has 0 bridgehead atoms. The highest BCUT2D eigenvalue weighted by molar-refractivity contribution is 6.83. The molecule has 0 aliphatic carbocycles. The average Bonchev–Trinajstić information content (AvgIpc) is 2.29. The second-order valence-electron chi connectivity index (χ2n) is 3.33. The Morgan fingerprint density at radius 2 is 2.12 bits per heavy atom. The van der Waals surface area contributed by atoms with E-state index in [1.807, 2.05) is 0 Å². The van der Waals surface area contributed by atoms with Gasteiger partial charge in [-0.2, -0.15) is 0 Å². The first kappa shape index (κ1) is 12.7. The molecule has 16 heavy (non-hydrogen) atoms. The Balaban J connectivity index is 2.71. The van der Waals surface area contributed by atoms with Crippen molar-refractivity contribution >= 4 is 22.6 Å². The molecule has 1 aromatic rings. The number of carbonyl (C=O) groups excluding carboxylic acids is 2. The molecule has 0 amide bonds. The molecule has 0 aliphatic rings. The number of carbonyl (C=O) groups is 2. The zero-order valence-electron chi connectivity index (χ0n) is 9.03. The van der Waals surface area contributed by atoms with Crippen LogP contribution in [0.25, 0.3) is 0 Å². The molecule has 3 nitrogen and oxygen atoms in total. The first-order valence-corrected chi connectivity index (χ1v) is 5.50. The number of ether oxygens (including phenoxy) is 1. The molecule has 0 aromatic heterocycles. The number of Topliss-reactive ketones (excluding diaryl/α,β-unsaturated/α-hetero) is 1. The fourth-order valence-electron chi connectivity index (χ4n) is 1.17. The maximum atomic E-state index is 11.3. The highest BCUT2D eigenvalue weighted by Gasteiger charge is 2.13. The van der Waals surface area contributed by atoms with E-state index in [9.17, 15) is 9.59 Å². The SMILES string of the molecule is CCCCOc1cccc(C(=O)C(=O)Cl)c1. The monoisotopic (exact) mass is 240 g/mol. The van der Waals surface area contributed by atoms with E-state index in [1.165, 1.54) is 12.1 Å². The lowest BCUT2D eigenvalue weighted by Crippen LogP contribution is -2.07. The van der Waals surface area contributed by atoms with E-state index < -0.39 is 11.0 Å². The predicted octanol–water partition coefficient (Wildman–Crippen LogP) is 2.81. The van der Waals surface area contributed by atoms with Gasteiger partial charge in [-0.3, -0.25) is 9.59 Å². The van der Waals surface area contributed by atoms with Crippen molar-refractivity contribution in [3.05, 3.63) is 29.8 Å². The molecule has 86 valence electrons. The first-order valence-electron chi connectivity index (χ1n) is 5.12. The quantitative estimate of drug-likeness (QED) is 0.332. The van der Waals surface area contributed by atoms with Crippen molar-refractivity contribution in [3.8, 4) is 5.75 Å². The number of hydrogen-bond acceptors (Lipinski definition) is 3. The number of unbranched alkanes of at least 4 members (excludes halogenated alkanes) is 1. The molecule has 0 fully saturated rings. The maximum absolute atomic E-state index is 11.3. The van der Waals surface area contributed by atoms with Crippen LogP contribution in [0.2, 0.25) is 0 Å². The number of benzene rings is 1. The van der Waals surface area contributed by atoms with E-state index in [-0.39, 0.29) is 5.56 Å². The fraction of sp³-hybridized carbons (Fsp3) is 0.333. The normalized spacial score (nSPS) is 9.88. The van der Waals surface area contributed by atoms with Crippen molar-refractivity contribution in [2.24, 2.45) is 0 Å². The Morgan fingerprint density at radius 1 is 1.38 bits per heavy atom. The molecule has 0 saturated carbocycles. The summed E-state index contributed by atoms with van der Waals surface area (Å²) in [6.45, 7) is 2.67. The predicted molar refractivity (Wildman–Crippen MR) is 62.0 cm³/mol. The van der Waals surface area contributed by atoms with Crippen molar-refractivity contribution in [3.63, 3.8) is 0 Å². The Labute approximate surface area is 99.4 Å². The summed E-state index contributed by atoms with van der Waals surface area (Å²) in [5.74, 6) is -0.125. The molecule has 1 aromatic carbocycles. The largest absolute Gasteiger partial charge is 0.494 e. The van der Waals surface area contributed by atoms with Crippen LogP contribution >= 0.6 is 11.6 Å². The van der Waals surface area contributed by atoms with Crippen LogP contribution in [0, 0.1) is 0 Å². The van der Waals surface area contributed by atoms with Gasteiger partial charge in [0.05, 0.1) is 6.61 Å². The lowest BCUT2D eigenvalue weighted by atomic mass is 10.1. The van der Waals surface area contributed by atoms with E-state index >= 15 is 0 Å². The van der Waals surface area contributed by atoms with Gasteiger partial charge in [0.1, 0.15) is 5.75 Å². The van der Waals surface area contributed by atoms with E-state index in [1.54, 1.807) is 12.1 Å². The lowest BCUT2D eigenvalue weighted by Gasteiger charge is -2.05. The van der Waals surface area contributed by atoms with Gasteiger partial charge in [0.15, 0.2) is 0 Å². The summed E-state index contributed by atoms with van der Waals surface area (Å²) in [6.07, 6.45) is 1.99. The minimum Gasteiger partial charge on any atom is -0.494 e. The highest BCUT2D eigenvalue weighted by Crippen LogP contribution is 2.15. The third-order valence-corrected chi connectivity index (χ3v) is 2.21. The molecular formula is C12H13ClO3. The number of rotatable bonds is 6. The summed E-state index contributed by atoms with van der Waals surface area (Å²) in [7, 11) is 0. The maximum Gasteiger partial charge on any atom is 0.293 e. The van der Waals surface area contributed by atoms with Crippen LogP contribution in [-0.4, -0.2) is 17.6 Å². The van der Waals surface area contributed by atoms with Gasteiger partial charge in [-0.1, -0.05) is 25.5 Å².